The van der Waals surface area contributed by atoms with E-state index in [1.165, 1.54) is 30.8 Å². The Morgan fingerprint density at radius 3 is 3.11 bits per heavy atom. The fourth-order valence-electron chi connectivity index (χ4n) is 2.58. The van der Waals surface area contributed by atoms with E-state index in [4.69, 9.17) is 11.6 Å². The van der Waals surface area contributed by atoms with Gasteiger partial charge in [0.15, 0.2) is 0 Å². The van der Waals surface area contributed by atoms with Crippen molar-refractivity contribution in [2.45, 2.75) is 38.4 Å². The van der Waals surface area contributed by atoms with E-state index in [1.54, 1.807) is 0 Å². The summed E-state index contributed by atoms with van der Waals surface area (Å²) in [6.45, 7) is 2.82. The van der Waals surface area contributed by atoms with Crippen LogP contribution in [0.25, 0.3) is 0 Å². The number of aromatic nitrogens is 4. The van der Waals surface area contributed by atoms with Crippen LogP contribution in [0.1, 0.15) is 25.0 Å². The van der Waals surface area contributed by atoms with Crippen LogP contribution in [0.2, 0.25) is 4.34 Å². The van der Waals surface area contributed by atoms with Crippen LogP contribution in [-0.2, 0) is 13.1 Å². The third kappa shape index (κ3) is 3.13. The summed E-state index contributed by atoms with van der Waals surface area (Å²) in [5.74, 6) is 0. The Bertz CT molecular complexity index is 512. The van der Waals surface area contributed by atoms with Gasteiger partial charge < -0.3 is 0 Å². The molecule has 0 radical (unpaired) electrons. The summed E-state index contributed by atoms with van der Waals surface area (Å²) in [5.41, 5.74) is 0.902. The van der Waals surface area contributed by atoms with Crippen LogP contribution >= 0.6 is 23.1 Å². The zero-order chi connectivity index (χ0) is 13.1. The van der Waals surface area contributed by atoms with Crippen molar-refractivity contribution < 1.29 is 0 Å². The monoisotopic (exact) mass is 297 g/mol. The number of halogens is 1. The molecule has 2 aromatic heterocycles. The zero-order valence-electron chi connectivity index (χ0n) is 10.6. The van der Waals surface area contributed by atoms with Gasteiger partial charge in [-0.3, -0.25) is 9.58 Å². The number of nitrogens with zero attached hydrogens (tertiary/aromatic N) is 5. The van der Waals surface area contributed by atoms with Crippen molar-refractivity contribution in [2.24, 2.45) is 0 Å². The van der Waals surface area contributed by atoms with Crippen LogP contribution in [-0.4, -0.2) is 36.9 Å². The van der Waals surface area contributed by atoms with Gasteiger partial charge in [0.25, 0.3) is 0 Å². The number of rotatable bonds is 4. The average Bonchev–Trinajstić information content (AvgIpc) is 3.05. The van der Waals surface area contributed by atoms with Crippen LogP contribution in [0, 0.1) is 0 Å². The Hall–Kier alpha value is -0.980. The first kappa shape index (κ1) is 13.0. The molecule has 1 saturated heterocycles. The molecule has 1 aliphatic rings. The highest BCUT2D eigenvalue weighted by molar-refractivity contribution is 7.10. The predicted octanol–water partition coefficient (Wildman–Crippen LogP) is 2.44. The van der Waals surface area contributed by atoms with E-state index in [0.29, 0.717) is 10.4 Å². The SMILES string of the molecule is Clc1snnc1CN1CCCC[C@H]1Cn1cccn1. The van der Waals surface area contributed by atoms with Crippen molar-refractivity contribution in [3.05, 3.63) is 28.5 Å². The van der Waals surface area contributed by atoms with Crippen LogP contribution < -0.4 is 0 Å². The summed E-state index contributed by atoms with van der Waals surface area (Å²) in [7, 11) is 0. The average molecular weight is 298 g/mol. The molecule has 3 rings (SSSR count). The largest absolute Gasteiger partial charge is 0.293 e. The summed E-state index contributed by atoms with van der Waals surface area (Å²) < 4.78 is 6.62. The van der Waals surface area contributed by atoms with E-state index in [0.717, 1.165) is 25.3 Å². The Balaban J connectivity index is 1.68. The Kier molecular flexibility index (Phi) is 4.10. The fraction of sp³-hybridized carbons (Fsp3) is 0.583. The van der Waals surface area contributed by atoms with Crippen LogP contribution in [0.5, 0.6) is 0 Å². The summed E-state index contributed by atoms with van der Waals surface area (Å²) in [4.78, 5) is 2.45. The van der Waals surface area contributed by atoms with Crippen molar-refractivity contribution in [1.82, 2.24) is 24.3 Å². The molecule has 0 unspecified atom stereocenters. The van der Waals surface area contributed by atoms with Gasteiger partial charge in [0.2, 0.25) is 0 Å². The molecule has 0 saturated carbocycles. The van der Waals surface area contributed by atoms with Crippen LogP contribution in [0.15, 0.2) is 18.5 Å². The number of likely N-dealkylation sites (tertiary alicyclic amines) is 1. The molecule has 0 spiro atoms. The Morgan fingerprint density at radius 2 is 2.37 bits per heavy atom. The minimum absolute atomic E-state index is 0.506. The maximum atomic E-state index is 6.10. The zero-order valence-corrected chi connectivity index (χ0v) is 12.1. The maximum Gasteiger partial charge on any atom is 0.138 e. The second-order valence-corrected chi connectivity index (χ2v) is 6.20. The van der Waals surface area contributed by atoms with Gasteiger partial charge in [-0.05, 0) is 25.5 Å². The summed E-state index contributed by atoms with van der Waals surface area (Å²) >= 11 is 7.36. The Labute approximate surface area is 121 Å². The standard InChI is InChI=1S/C12H16ClN5S/c13-12-11(15-16-19-12)9-17-6-2-1-4-10(17)8-18-7-3-5-14-18/h3,5,7,10H,1-2,4,6,8-9H2/t10-/m0/s1. The van der Waals surface area contributed by atoms with Gasteiger partial charge in [0.05, 0.1) is 6.54 Å². The Morgan fingerprint density at radius 1 is 1.42 bits per heavy atom. The van der Waals surface area contributed by atoms with Crippen molar-refractivity contribution >= 4 is 23.1 Å². The first-order valence-electron chi connectivity index (χ1n) is 6.51. The van der Waals surface area contributed by atoms with E-state index >= 15 is 0 Å². The normalized spacial score (nSPS) is 20.8. The maximum absolute atomic E-state index is 6.10. The second-order valence-electron chi connectivity index (χ2n) is 4.84. The molecule has 2 aromatic rings. The highest BCUT2D eigenvalue weighted by atomic mass is 35.5. The highest BCUT2D eigenvalue weighted by Crippen LogP contribution is 2.24. The van der Waals surface area contributed by atoms with Crippen LogP contribution in [0.3, 0.4) is 0 Å². The number of hydrogen-bond acceptors (Lipinski definition) is 5. The minimum atomic E-state index is 0.506. The van der Waals surface area contributed by atoms with Gasteiger partial charge in [-0.25, -0.2) is 0 Å². The van der Waals surface area contributed by atoms with Gasteiger partial charge in [0, 0.05) is 36.5 Å². The van der Waals surface area contributed by atoms with Crippen LogP contribution in [0.4, 0.5) is 0 Å². The molecular weight excluding hydrogens is 282 g/mol. The summed E-state index contributed by atoms with van der Waals surface area (Å²) in [6.07, 6.45) is 7.57. The van der Waals surface area contributed by atoms with Crippen molar-refractivity contribution in [2.75, 3.05) is 6.54 Å². The third-order valence-electron chi connectivity index (χ3n) is 3.57. The molecule has 1 aliphatic heterocycles. The number of hydrogen-bond donors (Lipinski definition) is 0. The molecule has 0 N–H and O–H groups in total. The third-order valence-corrected chi connectivity index (χ3v) is 4.55. The van der Waals surface area contributed by atoms with Crippen molar-refractivity contribution in [3.8, 4) is 0 Å². The smallest absolute Gasteiger partial charge is 0.138 e. The molecule has 1 fully saturated rings. The lowest BCUT2D eigenvalue weighted by Crippen LogP contribution is -2.41. The summed E-state index contributed by atoms with van der Waals surface area (Å²) in [6, 6.07) is 2.47. The lowest BCUT2D eigenvalue weighted by molar-refractivity contribution is 0.120. The quantitative estimate of drug-likeness (QED) is 0.870. The first-order chi connectivity index (χ1) is 9.33. The molecular formula is C12H16ClN5S. The lowest BCUT2D eigenvalue weighted by Gasteiger charge is -2.35. The van der Waals surface area contributed by atoms with Gasteiger partial charge in [0.1, 0.15) is 10.0 Å². The van der Waals surface area contributed by atoms with E-state index in [2.05, 4.69) is 19.6 Å². The molecule has 0 aliphatic carbocycles. The van der Waals surface area contributed by atoms with Crippen molar-refractivity contribution in [1.29, 1.82) is 0 Å². The minimum Gasteiger partial charge on any atom is -0.293 e. The molecule has 7 heteroatoms. The van der Waals surface area contributed by atoms with E-state index in [1.807, 2.05) is 23.1 Å². The second kappa shape index (κ2) is 5.98. The van der Waals surface area contributed by atoms with Gasteiger partial charge in [-0.2, -0.15) is 5.10 Å². The highest BCUT2D eigenvalue weighted by Gasteiger charge is 2.24. The van der Waals surface area contributed by atoms with Gasteiger partial charge >= 0.3 is 0 Å². The van der Waals surface area contributed by atoms with Gasteiger partial charge in [-0.15, -0.1) is 5.10 Å². The molecule has 102 valence electrons. The van der Waals surface area contributed by atoms with Crippen molar-refractivity contribution in [3.63, 3.8) is 0 Å². The fourth-order valence-corrected chi connectivity index (χ4v) is 3.19. The molecule has 0 amide bonds. The van der Waals surface area contributed by atoms with E-state index < -0.39 is 0 Å². The molecule has 5 nitrogen and oxygen atoms in total. The van der Waals surface area contributed by atoms with E-state index in [-0.39, 0.29) is 0 Å². The topological polar surface area (TPSA) is 46.8 Å². The molecule has 1 atom stereocenters. The number of piperidine rings is 1. The lowest BCUT2D eigenvalue weighted by atomic mass is 10.0. The summed E-state index contributed by atoms with van der Waals surface area (Å²) in [5, 5.41) is 8.41. The molecule has 3 heterocycles. The van der Waals surface area contributed by atoms with E-state index in [9.17, 15) is 0 Å². The van der Waals surface area contributed by atoms with Gasteiger partial charge in [-0.1, -0.05) is 22.5 Å². The predicted molar refractivity (Wildman–Crippen MR) is 75.2 cm³/mol. The molecule has 0 bridgehead atoms. The first-order valence-corrected chi connectivity index (χ1v) is 7.66. The molecule has 19 heavy (non-hydrogen) atoms. The molecule has 0 aromatic carbocycles.